The van der Waals surface area contributed by atoms with Gasteiger partial charge in [0.1, 0.15) is 5.82 Å². The Kier molecular flexibility index (Phi) is 5.55. The molecule has 1 aliphatic rings. The zero-order valence-electron chi connectivity index (χ0n) is 17.3. The van der Waals surface area contributed by atoms with Crippen molar-refractivity contribution in [3.63, 3.8) is 0 Å². The molecule has 0 radical (unpaired) electrons. The number of anilines is 1. The third kappa shape index (κ3) is 4.62. The number of hydrogen-bond donors (Lipinski definition) is 1. The fourth-order valence-electron chi connectivity index (χ4n) is 3.72. The van der Waals surface area contributed by atoms with Gasteiger partial charge in [0.05, 0.1) is 0 Å². The number of aryl methyl sites for hydroxylation is 2. The van der Waals surface area contributed by atoms with E-state index < -0.39 is 12.0 Å². The van der Waals surface area contributed by atoms with Crippen molar-refractivity contribution in [1.82, 2.24) is 24.9 Å². The normalized spacial score (nSPS) is 15.5. The van der Waals surface area contributed by atoms with Crippen LogP contribution in [0.2, 0.25) is 0 Å². The highest BCUT2D eigenvalue weighted by Gasteiger charge is 2.37. The molecule has 0 atom stereocenters. The molecule has 0 saturated carbocycles. The minimum Gasteiger partial charge on any atom is -0.356 e. The molecule has 0 bridgehead atoms. The Hall–Kier alpha value is -3.17. The van der Waals surface area contributed by atoms with E-state index in [0.29, 0.717) is 44.0 Å². The van der Waals surface area contributed by atoms with Gasteiger partial charge in [0, 0.05) is 37.3 Å². The van der Waals surface area contributed by atoms with E-state index in [2.05, 4.69) is 20.4 Å². The number of halogens is 3. The van der Waals surface area contributed by atoms with E-state index in [-0.39, 0.29) is 17.6 Å². The predicted molar refractivity (Wildman–Crippen MR) is 108 cm³/mol. The molecule has 1 fully saturated rings. The summed E-state index contributed by atoms with van der Waals surface area (Å²) in [6.45, 7) is 5.25. The summed E-state index contributed by atoms with van der Waals surface area (Å²) in [7, 11) is 0. The highest BCUT2D eigenvalue weighted by atomic mass is 19.4. The van der Waals surface area contributed by atoms with Crippen molar-refractivity contribution in [1.29, 1.82) is 0 Å². The van der Waals surface area contributed by atoms with Crippen molar-refractivity contribution in [3.8, 4) is 0 Å². The fourth-order valence-corrected chi connectivity index (χ4v) is 3.72. The Morgan fingerprint density at radius 1 is 1.13 bits per heavy atom. The lowest BCUT2D eigenvalue weighted by Gasteiger charge is -2.32. The van der Waals surface area contributed by atoms with Crippen LogP contribution in [0.3, 0.4) is 0 Å². The third-order valence-corrected chi connectivity index (χ3v) is 5.45. The number of amides is 1. The first kappa shape index (κ1) is 21.1. The Morgan fingerprint density at radius 2 is 1.81 bits per heavy atom. The minimum absolute atomic E-state index is 0.00334. The van der Waals surface area contributed by atoms with Gasteiger partial charge in [-0.2, -0.15) is 22.7 Å². The van der Waals surface area contributed by atoms with Gasteiger partial charge in [0.25, 0.3) is 11.6 Å². The van der Waals surface area contributed by atoms with E-state index in [4.69, 9.17) is 0 Å². The van der Waals surface area contributed by atoms with E-state index in [1.54, 1.807) is 13.0 Å². The van der Waals surface area contributed by atoms with Crippen LogP contribution in [0, 0.1) is 19.8 Å². The highest BCUT2D eigenvalue weighted by molar-refractivity contribution is 5.79. The van der Waals surface area contributed by atoms with Gasteiger partial charge in [0.2, 0.25) is 5.91 Å². The molecule has 2 aromatic heterocycles. The van der Waals surface area contributed by atoms with E-state index in [1.165, 1.54) is 0 Å². The van der Waals surface area contributed by atoms with Crippen LogP contribution in [0.1, 0.15) is 35.5 Å². The van der Waals surface area contributed by atoms with Gasteiger partial charge in [-0.15, -0.1) is 5.10 Å². The highest BCUT2D eigenvalue weighted by Crippen LogP contribution is 2.29. The number of fused-ring (bicyclic) bond motifs is 1. The molecule has 1 N–H and O–H groups in total. The maximum atomic E-state index is 13.0. The molecule has 3 aromatic rings. The van der Waals surface area contributed by atoms with Gasteiger partial charge in [-0.1, -0.05) is 29.8 Å². The topological polar surface area (TPSA) is 75.4 Å². The molecular formula is C21H23F3N6O. The average molecular weight is 432 g/mol. The molecular weight excluding hydrogens is 409 g/mol. The first-order valence-electron chi connectivity index (χ1n) is 10.1. The zero-order valence-corrected chi connectivity index (χ0v) is 17.3. The Bertz CT molecular complexity index is 1080. The summed E-state index contributed by atoms with van der Waals surface area (Å²) in [5.74, 6) is -0.931. The SMILES string of the molecule is Cc1ccc(CNC(=O)C2CCN(c3cc(C)nc4nc(C(F)(F)F)nn34)CC2)cc1. The molecule has 0 spiro atoms. The molecule has 4 rings (SSSR count). The molecule has 31 heavy (non-hydrogen) atoms. The molecule has 164 valence electrons. The fraction of sp³-hybridized carbons (Fsp3) is 0.429. The summed E-state index contributed by atoms with van der Waals surface area (Å²) in [4.78, 5) is 22.1. The summed E-state index contributed by atoms with van der Waals surface area (Å²) in [5.41, 5.74) is 2.76. The number of nitrogens with one attached hydrogen (secondary N) is 1. The first-order valence-corrected chi connectivity index (χ1v) is 10.1. The Balaban J connectivity index is 1.42. The lowest BCUT2D eigenvalue weighted by Crippen LogP contribution is -2.41. The number of carbonyl (C=O) groups is 1. The average Bonchev–Trinajstić information content (AvgIpc) is 3.17. The van der Waals surface area contributed by atoms with E-state index >= 15 is 0 Å². The van der Waals surface area contributed by atoms with Crippen LogP contribution >= 0.6 is 0 Å². The van der Waals surface area contributed by atoms with Crippen molar-refractivity contribution in [2.75, 3.05) is 18.0 Å². The van der Waals surface area contributed by atoms with Gasteiger partial charge in [0.15, 0.2) is 0 Å². The van der Waals surface area contributed by atoms with Crippen LogP contribution < -0.4 is 10.2 Å². The lowest BCUT2D eigenvalue weighted by molar-refractivity contribution is -0.144. The number of benzene rings is 1. The van der Waals surface area contributed by atoms with Gasteiger partial charge < -0.3 is 10.2 Å². The van der Waals surface area contributed by atoms with Crippen molar-refractivity contribution < 1.29 is 18.0 Å². The van der Waals surface area contributed by atoms with Crippen LogP contribution in [0.5, 0.6) is 0 Å². The number of carbonyl (C=O) groups excluding carboxylic acids is 1. The third-order valence-electron chi connectivity index (χ3n) is 5.45. The van der Waals surface area contributed by atoms with Crippen molar-refractivity contribution in [2.24, 2.45) is 5.92 Å². The summed E-state index contributed by atoms with van der Waals surface area (Å²) >= 11 is 0. The molecule has 7 nitrogen and oxygen atoms in total. The number of piperidine rings is 1. The Morgan fingerprint density at radius 3 is 2.45 bits per heavy atom. The Labute approximate surface area is 177 Å². The number of rotatable bonds is 4. The minimum atomic E-state index is -4.64. The first-order chi connectivity index (χ1) is 14.7. The number of hydrogen-bond acceptors (Lipinski definition) is 5. The standard InChI is InChI=1S/C21H23F3N6O/c1-13-3-5-15(6-4-13)12-25-18(31)16-7-9-29(10-8-16)17-11-14(2)26-20-27-19(21(22,23)24)28-30(17)20/h3-6,11,16H,7-10,12H2,1-2H3,(H,25,31). The molecule has 0 unspecified atom stereocenters. The van der Waals surface area contributed by atoms with Crippen molar-refractivity contribution in [2.45, 2.75) is 39.4 Å². The van der Waals surface area contributed by atoms with Crippen LogP contribution in [-0.2, 0) is 17.5 Å². The second-order valence-corrected chi connectivity index (χ2v) is 7.87. The van der Waals surface area contributed by atoms with Crippen LogP contribution in [0.4, 0.5) is 19.0 Å². The van der Waals surface area contributed by atoms with Crippen molar-refractivity contribution >= 4 is 17.5 Å². The summed E-state index contributed by atoms with van der Waals surface area (Å²) in [5, 5.41) is 6.60. The summed E-state index contributed by atoms with van der Waals surface area (Å²) in [6.07, 6.45) is -3.44. The quantitative estimate of drug-likeness (QED) is 0.685. The summed E-state index contributed by atoms with van der Waals surface area (Å²) in [6, 6.07) is 9.68. The number of nitrogens with zero attached hydrogens (tertiary/aromatic N) is 5. The van der Waals surface area contributed by atoms with E-state index in [9.17, 15) is 18.0 Å². The van der Waals surface area contributed by atoms with E-state index in [1.807, 2.05) is 36.1 Å². The largest absolute Gasteiger partial charge is 0.453 e. The molecule has 0 aliphatic carbocycles. The van der Waals surface area contributed by atoms with Crippen LogP contribution in [0.25, 0.3) is 5.78 Å². The molecule has 1 saturated heterocycles. The molecule has 10 heteroatoms. The smallest absolute Gasteiger partial charge is 0.356 e. The van der Waals surface area contributed by atoms with E-state index in [0.717, 1.165) is 15.6 Å². The lowest BCUT2D eigenvalue weighted by atomic mass is 9.95. The zero-order chi connectivity index (χ0) is 22.2. The van der Waals surface area contributed by atoms with Gasteiger partial charge in [-0.3, -0.25) is 4.79 Å². The maximum absolute atomic E-state index is 13.0. The second kappa shape index (κ2) is 8.16. The van der Waals surface area contributed by atoms with Crippen LogP contribution in [-0.4, -0.2) is 38.6 Å². The molecule has 1 aliphatic heterocycles. The monoisotopic (exact) mass is 432 g/mol. The summed E-state index contributed by atoms with van der Waals surface area (Å²) < 4.78 is 40.2. The maximum Gasteiger partial charge on any atom is 0.453 e. The van der Waals surface area contributed by atoms with Crippen molar-refractivity contribution in [3.05, 3.63) is 53.0 Å². The van der Waals surface area contributed by atoms with Gasteiger partial charge in [-0.05, 0) is 32.3 Å². The molecule has 3 heterocycles. The van der Waals surface area contributed by atoms with Gasteiger partial charge in [-0.25, -0.2) is 4.98 Å². The molecule has 1 aromatic carbocycles. The van der Waals surface area contributed by atoms with Gasteiger partial charge >= 0.3 is 6.18 Å². The predicted octanol–water partition coefficient (Wildman–Crippen LogP) is 3.29. The second-order valence-electron chi connectivity index (χ2n) is 7.87. The number of alkyl halides is 3. The molecule has 1 amide bonds. The van der Waals surface area contributed by atoms with Crippen LogP contribution in [0.15, 0.2) is 30.3 Å². The number of aromatic nitrogens is 4.